The van der Waals surface area contributed by atoms with Crippen LogP contribution >= 0.6 is 11.8 Å². The molecule has 2 aromatic carbocycles. The van der Waals surface area contributed by atoms with E-state index in [9.17, 15) is 24.6 Å². The molecule has 0 spiro atoms. The third-order valence-corrected chi connectivity index (χ3v) is 7.33. The molecule has 1 fully saturated rings. The van der Waals surface area contributed by atoms with Crippen LogP contribution in [0.25, 0.3) is 11.1 Å². The van der Waals surface area contributed by atoms with Gasteiger partial charge in [0.1, 0.15) is 12.6 Å². The average molecular weight is 485 g/mol. The van der Waals surface area contributed by atoms with E-state index in [1.165, 1.54) is 0 Å². The van der Waals surface area contributed by atoms with Crippen molar-refractivity contribution in [1.29, 1.82) is 0 Å². The SMILES string of the molecule is O=C(O)CC(NC(=O)OCC1c2ccccc2-c2ccccc21)C(=O)NCC1(O)CCSCC1. The Morgan fingerprint density at radius 2 is 1.62 bits per heavy atom. The van der Waals surface area contributed by atoms with E-state index in [2.05, 4.69) is 10.6 Å². The van der Waals surface area contributed by atoms with Crippen LogP contribution in [0.2, 0.25) is 0 Å². The number of carboxylic acids is 1. The quantitative estimate of drug-likeness (QED) is 0.454. The summed E-state index contributed by atoms with van der Waals surface area (Å²) in [5.41, 5.74) is 3.27. The lowest BCUT2D eigenvalue weighted by Crippen LogP contribution is -2.52. The molecule has 2 aromatic rings. The molecule has 180 valence electrons. The molecule has 0 radical (unpaired) electrons. The third kappa shape index (κ3) is 5.53. The highest BCUT2D eigenvalue weighted by Crippen LogP contribution is 2.44. The number of alkyl carbamates (subject to hydrolysis) is 1. The second kappa shape index (κ2) is 10.5. The van der Waals surface area contributed by atoms with Gasteiger partial charge in [0.05, 0.1) is 12.0 Å². The van der Waals surface area contributed by atoms with Crippen LogP contribution in [-0.4, -0.2) is 64.5 Å². The average Bonchev–Trinajstić information content (AvgIpc) is 3.15. The van der Waals surface area contributed by atoms with Gasteiger partial charge in [0.15, 0.2) is 0 Å². The zero-order valence-corrected chi connectivity index (χ0v) is 19.5. The molecule has 1 atom stereocenters. The number of fused-ring (bicyclic) bond motifs is 3. The summed E-state index contributed by atoms with van der Waals surface area (Å²) < 4.78 is 5.44. The summed E-state index contributed by atoms with van der Waals surface area (Å²) in [5, 5.41) is 24.8. The highest BCUT2D eigenvalue weighted by atomic mass is 32.2. The lowest BCUT2D eigenvalue weighted by atomic mass is 9.96. The van der Waals surface area contributed by atoms with Gasteiger partial charge in [-0.25, -0.2) is 4.79 Å². The molecular formula is C25H28N2O6S. The standard InChI is InChI=1S/C25H28N2O6S/c28-22(29)13-21(23(30)26-15-25(32)9-11-34-12-10-25)27-24(31)33-14-20-18-7-3-1-5-16(18)17-6-2-4-8-19(17)20/h1-8,20-21,32H,9-15H2,(H,26,30)(H,27,31)(H,28,29). The van der Waals surface area contributed by atoms with E-state index in [1.54, 1.807) is 11.8 Å². The van der Waals surface area contributed by atoms with Crippen LogP contribution in [0.5, 0.6) is 0 Å². The van der Waals surface area contributed by atoms with Gasteiger partial charge in [-0.3, -0.25) is 9.59 Å². The minimum absolute atomic E-state index is 0.00881. The highest BCUT2D eigenvalue weighted by molar-refractivity contribution is 7.99. The second-order valence-electron chi connectivity index (χ2n) is 8.67. The van der Waals surface area contributed by atoms with Crippen LogP contribution in [-0.2, 0) is 14.3 Å². The number of benzene rings is 2. The van der Waals surface area contributed by atoms with Crippen molar-refractivity contribution in [3.05, 3.63) is 59.7 Å². The first-order valence-corrected chi connectivity index (χ1v) is 12.4. The summed E-state index contributed by atoms with van der Waals surface area (Å²) in [7, 11) is 0. The topological polar surface area (TPSA) is 125 Å². The van der Waals surface area contributed by atoms with Crippen molar-refractivity contribution in [2.45, 2.75) is 36.8 Å². The minimum atomic E-state index is -1.31. The van der Waals surface area contributed by atoms with Crippen LogP contribution < -0.4 is 10.6 Å². The number of rotatable bonds is 8. The molecule has 0 aromatic heterocycles. The normalized spacial score (nSPS) is 17.2. The molecule has 1 heterocycles. The van der Waals surface area contributed by atoms with Crippen molar-refractivity contribution in [3.8, 4) is 11.1 Å². The molecule has 4 rings (SSSR count). The number of carbonyl (C=O) groups is 3. The van der Waals surface area contributed by atoms with Gasteiger partial charge < -0.3 is 25.6 Å². The Morgan fingerprint density at radius 1 is 1.03 bits per heavy atom. The van der Waals surface area contributed by atoms with E-state index in [4.69, 9.17) is 4.74 Å². The van der Waals surface area contributed by atoms with Crippen molar-refractivity contribution in [1.82, 2.24) is 10.6 Å². The van der Waals surface area contributed by atoms with Gasteiger partial charge in [-0.15, -0.1) is 0 Å². The zero-order chi connectivity index (χ0) is 24.1. The predicted octanol–water partition coefficient (Wildman–Crippen LogP) is 2.74. The van der Waals surface area contributed by atoms with Gasteiger partial charge in [-0.2, -0.15) is 11.8 Å². The minimum Gasteiger partial charge on any atom is -0.481 e. The predicted molar refractivity (Wildman–Crippen MR) is 129 cm³/mol. The van der Waals surface area contributed by atoms with Gasteiger partial charge in [-0.1, -0.05) is 48.5 Å². The van der Waals surface area contributed by atoms with Crippen molar-refractivity contribution >= 4 is 29.7 Å². The van der Waals surface area contributed by atoms with Gasteiger partial charge in [0.2, 0.25) is 5.91 Å². The van der Waals surface area contributed by atoms with Gasteiger partial charge >= 0.3 is 12.1 Å². The number of hydrogen-bond donors (Lipinski definition) is 4. The Balaban J connectivity index is 1.37. The van der Waals surface area contributed by atoms with E-state index >= 15 is 0 Å². The fraction of sp³-hybridized carbons (Fsp3) is 0.400. The molecule has 1 unspecified atom stereocenters. The van der Waals surface area contributed by atoms with Gasteiger partial charge in [0, 0.05) is 12.5 Å². The first-order valence-electron chi connectivity index (χ1n) is 11.3. The largest absolute Gasteiger partial charge is 0.481 e. The molecule has 2 amide bonds. The van der Waals surface area contributed by atoms with Crippen molar-refractivity contribution in [2.75, 3.05) is 24.7 Å². The van der Waals surface area contributed by atoms with E-state index in [1.807, 2.05) is 48.5 Å². The Labute approximate surface area is 202 Å². The number of ether oxygens (including phenoxy) is 1. The highest BCUT2D eigenvalue weighted by Gasteiger charge is 2.33. The number of thioether (sulfide) groups is 1. The number of carboxylic acid groups (broad SMARTS) is 1. The Bertz CT molecular complexity index is 1020. The molecule has 0 saturated carbocycles. The van der Waals surface area contributed by atoms with Crippen molar-refractivity contribution in [3.63, 3.8) is 0 Å². The molecule has 1 aliphatic carbocycles. The fourth-order valence-electron chi connectivity index (χ4n) is 4.47. The van der Waals surface area contributed by atoms with E-state index in [0.29, 0.717) is 12.8 Å². The Hall–Kier alpha value is -3.04. The Kier molecular flexibility index (Phi) is 7.43. The molecule has 4 N–H and O–H groups in total. The molecule has 0 bridgehead atoms. The summed E-state index contributed by atoms with van der Waals surface area (Å²) in [6.45, 7) is 0.0631. The molecule has 34 heavy (non-hydrogen) atoms. The molecule has 1 saturated heterocycles. The van der Waals surface area contributed by atoms with Crippen LogP contribution in [0.3, 0.4) is 0 Å². The maximum atomic E-state index is 12.6. The summed E-state index contributed by atoms with van der Waals surface area (Å²) >= 11 is 1.74. The second-order valence-corrected chi connectivity index (χ2v) is 9.90. The number of carbonyl (C=O) groups excluding carboxylic acids is 2. The van der Waals surface area contributed by atoms with Crippen molar-refractivity contribution in [2.24, 2.45) is 0 Å². The van der Waals surface area contributed by atoms with Gasteiger partial charge in [0.25, 0.3) is 0 Å². The maximum absolute atomic E-state index is 12.6. The van der Waals surface area contributed by atoms with E-state index in [-0.39, 0.29) is 19.1 Å². The number of amides is 2. The van der Waals surface area contributed by atoms with Crippen LogP contribution in [0.4, 0.5) is 4.79 Å². The van der Waals surface area contributed by atoms with E-state index in [0.717, 1.165) is 33.8 Å². The molecule has 2 aliphatic rings. The molecular weight excluding hydrogens is 456 g/mol. The molecule has 9 heteroatoms. The first kappa shape index (κ1) is 24.1. The van der Waals surface area contributed by atoms with E-state index < -0.39 is 36.0 Å². The number of aliphatic hydroxyl groups is 1. The van der Waals surface area contributed by atoms with Gasteiger partial charge in [-0.05, 0) is 46.6 Å². The summed E-state index contributed by atoms with van der Waals surface area (Å²) in [4.78, 5) is 36.4. The van der Waals surface area contributed by atoms with Crippen LogP contribution in [0, 0.1) is 0 Å². The lowest BCUT2D eigenvalue weighted by Gasteiger charge is -2.32. The Morgan fingerprint density at radius 3 is 2.21 bits per heavy atom. The third-order valence-electron chi connectivity index (χ3n) is 6.35. The molecule has 1 aliphatic heterocycles. The molecule has 8 nitrogen and oxygen atoms in total. The monoisotopic (exact) mass is 484 g/mol. The fourth-order valence-corrected chi connectivity index (χ4v) is 5.72. The first-order chi connectivity index (χ1) is 16.4. The number of aliphatic carboxylic acids is 1. The van der Waals surface area contributed by atoms with Crippen molar-refractivity contribution < 1.29 is 29.3 Å². The summed E-state index contributed by atoms with van der Waals surface area (Å²) in [6.07, 6.45) is -0.372. The summed E-state index contributed by atoms with van der Waals surface area (Å²) in [5.74, 6) is -0.455. The zero-order valence-electron chi connectivity index (χ0n) is 18.7. The van der Waals surface area contributed by atoms with Crippen LogP contribution in [0.15, 0.2) is 48.5 Å². The summed E-state index contributed by atoms with van der Waals surface area (Å²) in [6, 6.07) is 14.5. The number of nitrogens with one attached hydrogen (secondary N) is 2. The smallest absolute Gasteiger partial charge is 0.407 e. The maximum Gasteiger partial charge on any atom is 0.407 e. The van der Waals surface area contributed by atoms with Crippen LogP contribution in [0.1, 0.15) is 36.3 Å². The lowest BCUT2D eigenvalue weighted by molar-refractivity contribution is -0.140. The number of hydrogen-bond acceptors (Lipinski definition) is 6.